The van der Waals surface area contributed by atoms with Crippen molar-refractivity contribution in [2.45, 2.75) is 6.92 Å². The average molecular weight is 412 g/mol. The van der Waals surface area contributed by atoms with Gasteiger partial charge >= 0.3 is 0 Å². The molecule has 0 spiro atoms. The molecular weight excluding hydrogens is 394 g/mol. The molecule has 0 saturated carbocycles. The number of aromatic nitrogens is 1. The Balaban J connectivity index is 1.71. The van der Waals surface area contributed by atoms with Crippen molar-refractivity contribution in [2.24, 2.45) is 10.2 Å². The second kappa shape index (κ2) is 8.80. The van der Waals surface area contributed by atoms with Gasteiger partial charge in [-0.1, -0.05) is 84.4 Å². The van der Waals surface area contributed by atoms with Crippen LogP contribution >= 0.6 is 11.6 Å². The molecule has 4 nitrogen and oxygen atoms in total. The fourth-order valence-electron chi connectivity index (χ4n) is 3.07. The molecule has 0 radical (unpaired) electrons. The largest absolute Gasteiger partial charge is 0.287 e. The van der Waals surface area contributed by atoms with Crippen molar-refractivity contribution in [1.29, 1.82) is 0 Å². The number of rotatable bonds is 5. The zero-order chi connectivity index (χ0) is 20.9. The number of ketones is 1. The van der Waals surface area contributed by atoms with Crippen LogP contribution in [0.4, 0.5) is 0 Å². The van der Waals surface area contributed by atoms with Gasteiger partial charge in [0.05, 0.1) is 11.7 Å². The van der Waals surface area contributed by atoms with Gasteiger partial charge < -0.3 is 0 Å². The van der Waals surface area contributed by atoms with Crippen molar-refractivity contribution in [3.05, 3.63) is 112 Å². The summed E-state index contributed by atoms with van der Waals surface area (Å²) in [5.41, 5.74) is 4.08. The van der Waals surface area contributed by atoms with Crippen LogP contribution in [0.5, 0.6) is 0 Å². The molecule has 0 amide bonds. The third-order valence-corrected chi connectivity index (χ3v) is 4.91. The summed E-state index contributed by atoms with van der Waals surface area (Å²) in [6.07, 6.45) is 1.52. The van der Waals surface area contributed by atoms with Gasteiger partial charge in [0.15, 0.2) is 0 Å². The number of carbonyl (C=O) groups excluding carboxylic acids is 1. The highest BCUT2D eigenvalue weighted by Crippen LogP contribution is 2.20. The second-order valence-corrected chi connectivity index (χ2v) is 7.18. The molecule has 4 rings (SSSR count). The maximum atomic E-state index is 13.0. The highest BCUT2D eigenvalue weighted by molar-refractivity contribution is 6.51. The van der Waals surface area contributed by atoms with E-state index in [1.165, 1.54) is 6.21 Å². The molecule has 0 aliphatic carbocycles. The number of hydrogen-bond donors (Lipinski definition) is 0. The number of carbonyl (C=O) groups is 1. The number of fused-ring (bicyclic) bond motifs is 1. The summed E-state index contributed by atoms with van der Waals surface area (Å²) in [6.45, 7) is 2.01. The first-order chi connectivity index (χ1) is 14.6. The van der Waals surface area contributed by atoms with Gasteiger partial charge in [0.1, 0.15) is 10.9 Å². The fraction of sp³-hybridized carbons (Fsp3) is 0.0400. The standard InChI is InChI=1S/C25H18ClN3O/c1-17-12-13-20-15-21(25(26)28-22(20)14-17)16-27-29-23(18-8-4-2-5-9-18)24(30)19-10-6-3-7-11-19/h2-16H,1H3/b27-16-,29-23-. The number of pyridine rings is 1. The molecule has 1 heterocycles. The second-order valence-electron chi connectivity index (χ2n) is 6.82. The van der Waals surface area contributed by atoms with Crippen molar-refractivity contribution in [2.75, 3.05) is 0 Å². The van der Waals surface area contributed by atoms with Crippen LogP contribution in [0.3, 0.4) is 0 Å². The minimum Gasteiger partial charge on any atom is -0.287 e. The Hall–Kier alpha value is -3.63. The third kappa shape index (κ3) is 4.34. The SMILES string of the molecule is Cc1ccc2cc(/C=N\N=C(/C(=O)c3ccccc3)c3ccccc3)c(Cl)nc2c1. The van der Waals surface area contributed by atoms with Gasteiger partial charge in [-0.05, 0) is 24.6 Å². The quantitative estimate of drug-likeness (QED) is 0.177. The molecule has 0 fully saturated rings. The Morgan fingerprint density at radius 2 is 1.57 bits per heavy atom. The molecule has 30 heavy (non-hydrogen) atoms. The predicted molar refractivity (Wildman–Crippen MR) is 123 cm³/mol. The van der Waals surface area contributed by atoms with Crippen LogP contribution in [-0.4, -0.2) is 22.7 Å². The fourth-order valence-corrected chi connectivity index (χ4v) is 3.26. The lowest BCUT2D eigenvalue weighted by atomic mass is 10.0. The summed E-state index contributed by atoms with van der Waals surface area (Å²) in [5, 5.41) is 9.71. The Morgan fingerprint density at radius 1 is 0.900 bits per heavy atom. The third-order valence-electron chi connectivity index (χ3n) is 4.61. The summed E-state index contributed by atoms with van der Waals surface area (Å²) >= 11 is 6.33. The highest BCUT2D eigenvalue weighted by Gasteiger charge is 2.16. The molecular formula is C25H18ClN3O. The molecule has 0 bridgehead atoms. The van der Waals surface area contributed by atoms with Crippen LogP contribution in [0.15, 0.2) is 95.1 Å². The monoisotopic (exact) mass is 411 g/mol. The van der Waals surface area contributed by atoms with Crippen LogP contribution in [-0.2, 0) is 0 Å². The molecule has 0 atom stereocenters. The van der Waals surface area contributed by atoms with E-state index < -0.39 is 0 Å². The highest BCUT2D eigenvalue weighted by atomic mass is 35.5. The van der Waals surface area contributed by atoms with Gasteiger partial charge in [-0.15, -0.1) is 5.10 Å². The van der Waals surface area contributed by atoms with E-state index in [-0.39, 0.29) is 11.5 Å². The van der Waals surface area contributed by atoms with Crippen molar-refractivity contribution in [3.8, 4) is 0 Å². The van der Waals surface area contributed by atoms with E-state index in [9.17, 15) is 4.79 Å². The molecule has 0 aliphatic heterocycles. The van der Waals surface area contributed by atoms with Crippen molar-refractivity contribution < 1.29 is 4.79 Å². The number of nitrogens with zero attached hydrogens (tertiary/aromatic N) is 3. The average Bonchev–Trinajstić information content (AvgIpc) is 2.78. The zero-order valence-electron chi connectivity index (χ0n) is 16.3. The van der Waals surface area contributed by atoms with Crippen molar-refractivity contribution in [1.82, 2.24) is 4.98 Å². The Kier molecular flexibility index (Phi) is 5.77. The summed E-state index contributed by atoms with van der Waals surface area (Å²) in [4.78, 5) is 17.5. The number of benzene rings is 3. The number of halogens is 1. The van der Waals surface area contributed by atoms with Crippen molar-refractivity contribution >= 4 is 40.2 Å². The molecule has 1 aromatic heterocycles. The van der Waals surface area contributed by atoms with E-state index >= 15 is 0 Å². The lowest BCUT2D eigenvalue weighted by molar-refractivity contribution is 0.106. The Morgan fingerprint density at radius 3 is 2.27 bits per heavy atom. The van der Waals surface area contributed by atoms with E-state index in [2.05, 4.69) is 15.2 Å². The molecule has 0 unspecified atom stereocenters. The zero-order valence-corrected chi connectivity index (χ0v) is 17.0. The molecule has 3 aromatic carbocycles. The predicted octanol–water partition coefficient (Wildman–Crippen LogP) is 5.90. The van der Waals surface area contributed by atoms with Crippen LogP contribution in [0.1, 0.15) is 27.0 Å². The van der Waals surface area contributed by atoms with E-state index in [1.54, 1.807) is 12.1 Å². The lowest BCUT2D eigenvalue weighted by Crippen LogP contribution is -2.15. The summed E-state index contributed by atoms with van der Waals surface area (Å²) in [6, 6.07) is 26.2. The summed E-state index contributed by atoms with van der Waals surface area (Å²) in [7, 11) is 0. The minimum absolute atomic E-state index is 0.197. The molecule has 4 aromatic rings. The first kappa shape index (κ1) is 19.7. The first-order valence-corrected chi connectivity index (χ1v) is 9.83. The smallest absolute Gasteiger partial charge is 0.213 e. The Labute approximate surface area is 179 Å². The lowest BCUT2D eigenvalue weighted by Gasteiger charge is -2.05. The van der Waals surface area contributed by atoms with Gasteiger partial charge in [-0.3, -0.25) is 4.79 Å². The normalized spacial score (nSPS) is 11.9. The molecule has 146 valence electrons. The van der Waals surface area contributed by atoms with Crippen molar-refractivity contribution in [3.63, 3.8) is 0 Å². The minimum atomic E-state index is -0.197. The van der Waals surface area contributed by atoms with Gasteiger partial charge in [0, 0.05) is 22.1 Å². The number of hydrogen-bond acceptors (Lipinski definition) is 4. The van der Waals surface area contributed by atoms with E-state index in [1.807, 2.05) is 79.7 Å². The molecule has 0 N–H and O–H groups in total. The van der Waals surface area contributed by atoms with Crippen LogP contribution in [0, 0.1) is 6.92 Å². The maximum absolute atomic E-state index is 13.0. The van der Waals surface area contributed by atoms with Gasteiger partial charge in [0.25, 0.3) is 0 Å². The van der Waals surface area contributed by atoms with E-state index in [0.717, 1.165) is 16.5 Å². The number of Topliss-reactive ketones (excluding diaryl/α,β-unsaturated/α-hetero) is 1. The number of aryl methyl sites for hydroxylation is 1. The van der Waals surface area contributed by atoms with Gasteiger partial charge in [-0.2, -0.15) is 5.10 Å². The van der Waals surface area contributed by atoms with Gasteiger partial charge in [-0.25, -0.2) is 4.98 Å². The van der Waals surface area contributed by atoms with Gasteiger partial charge in [0.2, 0.25) is 5.78 Å². The molecule has 5 heteroatoms. The molecule has 0 saturated heterocycles. The summed E-state index contributed by atoms with van der Waals surface area (Å²) in [5.74, 6) is -0.197. The Bertz CT molecular complexity index is 1270. The van der Waals surface area contributed by atoms with Crippen LogP contribution in [0.25, 0.3) is 10.9 Å². The van der Waals surface area contributed by atoms with Crippen LogP contribution in [0.2, 0.25) is 5.15 Å². The summed E-state index contributed by atoms with van der Waals surface area (Å²) < 4.78 is 0. The van der Waals surface area contributed by atoms with Crippen LogP contribution < -0.4 is 0 Å². The van der Waals surface area contributed by atoms with E-state index in [0.29, 0.717) is 21.8 Å². The molecule has 0 aliphatic rings. The van der Waals surface area contributed by atoms with E-state index in [4.69, 9.17) is 11.6 Å². The topological polar surface area (TPSA) is 54.7 Å². The maximum Gasteiger partial charge on any atom is 0.213 e. The first-order valence-electron chi connectivity index (χ1n) is 9.45.